The molecule has 1 aliphatic rings. The number of aryl methyl sites for hydroxylation is 1. The van der Waals surface area contributed by atoms with Gasteiger partial charge in [0.2, 0.25) is 0 Å². The summed E-state index contributed by atoms with van der Waals surface area (Å²) in [6, 6.07) is 12.3. The van der Waals surface area contributed by atoms with Crippen LogP contribution >= 0.6 is 0 Å². The summed E-state index contributed by atoms with van der Waals surface area (Å²) in [5, 5.41) is 10.4. The van der Waals surface area contributed by atoms with Gasteiger partial charge in [0.25, 0.3) is 0 Å². The molecule has 0 spiro atoms. The predicted molar refractivity (Wildman–Crippen MR) is 92.1 cm³/mol. The van der Waals surface area contributed by atoms with E-state index in [-0.39, 0.29) is 0 Å². The van der Waals surface area contributed by atoms with Crippen LogP contribution in [0.3, 0.4) is 0 Å². The molecule has 1 unspecified atom stereocenters. The average Bonchev–Trinajstić information content (AvgIpc) is 2.58. The number of benzene rings is 1. The summed E-state index contributed by atoms with van der Waals surface area (Å²) < 4.78 is 0. The second-order valence-electron chi connectivity index (χ2n) is 6.36. The van der Waals surface area contributed by atoms with E-state index in [4.69, 9.17) is 0 Å². The molecule has 3 rings (SSSR count). The topological polar surface area (TPSA) is 39.6 Å². The zero-order chi connectivity index (χ0) is 16.1. The van der Waals surface area contributed by atoms with Crippen molar-refractivity contribution in [3.05, 3.63) is 65.5 Å². The van der Waals surface area contributed by atoms with E-state index in [1.54, 1.807) is 0 Å². The van der Waals surface area contributed by atoms with Crippen LogP contribution in [-0.4, -0.2) is 52.6 Å². The summed E-state index contributed by atoms with van der Waals surface area (Å²) in [7, 11) is 0. The first-order valence-corrected chi connectivity index (χ1v) is 8.29. The highest BCUT2D eigenvalue weighted by Crippen LogP contribution is 2.16. The van der Waals surface area contributed by atoms with Gasteiger partial charge >= 0.3 is 0 Å². The van der Waals surface area contributed by atoms with Crippen LogP contribution in [-0.2, 0) is 6.54 Å². The van der Waals surface area contributed by atoms with Crippen LogP contribution in [0.2, 0.25) is 0 Å². The number of hydrogen-bond acceptors (Lipinski definition) is 4. The Bertz CT molecular complexity index is 592. The Morgan fingerprint density at radius 1 is 1.04 bits per heavy atom. The lowest BCUT2D eigenvalue weighted by atomic mass is 10.1. The molecule has 1 aromatic heterocycles. The standard InChI is InChI=1S/C19H25N3O/c1-16-4-6-18(7-5-16)19(23)15-22-11-9-21(10-12-22)14-17-3-2-8-20-13-17/h2-8,13,19,23H,9-12,14-15H2,1H3. The molecule has 0 aliphatic carbocycles. The molecule has 0 radical (unpaired) electrons. The van der Waals surface area contributed by atoms with Crippen molar-refractivity contribution in [2.45, 2.75) is 19.6 Å². The summed E-state index contributed by atoms with van der Waals surface area (Å²) in [5.41, 5.74) is 3.50. The van der Waals surface area contributed by atoms with Crippen molar-refractivity contribution in [2.24, 2.45) is 0 Å². The van der Waals surface area contributed by atoms with Gasteiger partial charge in [-0.1, -0.05) is 35.9 Å². The monoisotopic (exact) mass is 311 g/mol. The van der Waals surface area contributed by atoms with E-state index in [9.17, 15) is 5.11 Å². The molecule has 0 saturated carbocycles. The van der Waals surface area contributed by atoms with Gasteiger partial charge in [0, 0.05) is 51.7 Å². The Kier molecular flexibility index (Phi) is 5.39. The first-order valence-electron chi connectivity index (χ1n) is 8.29. The van der Waals surface area contributed by atoms with Crippen molar-refractivity contribution < 1.29 is 5.11 Å². The van der Waals surface area contributed by atoms with E-state index in [0.717, 1.165) is 38.3 Å². The van der Waals surface area contributed by atoms with E-state index < -0.39 is 6.10 Å². The molecule has 2 heterocycles. The molecule has 1 atom stereocenters. The summed E-state index contributed by atoms with van der Waals surface area (Å²) in [6.45, 7) is 7.82. The molecule has 1 N–H and O–H groups in total. The summed E-state index contributed by atoms with van der Waals surface area (Å²) in [6.07, 6.45) is 3.35. The van der Waals surface area contributed by atoms with Gasteiger partial charge in [0.15, 0.2) is 0 Å². The molecule has 0 bridgehead atoms. The van der Waals surface area contributed by atoms with Crippen molar-refractivity contribution in [3.63, 3.8) is 0 Å². The second kappa shape index (κ2) is 7.68. The highest BCUT2D eigenvalue weighted by Gasteiger charge is 2.20. The zero-order valence-corrected chi connectivity index (χ0v) is 13.7. The van der Waals surface area contributed by atoms with Gasteiger partial charge in [0.05, 0.1) is 6.10 Å². The third-order valence-corrected chi connectivity index (χ3v) is 4.49. The van der Waals surface area contributed by atoms with Crippen LogP contribution in [0.15, 0.2) is 48.8 Å². The molecule has 23 heavy (non-hydrogen) atoms. The van der Waals surface area contributed by atoms with Crippen molar-refractivity contribution in [1.82, 2.24) is 14.8 Å². The normalized spacial score (nSPS) is 18.0. The molecule has 4 heteroatoms. The average molecular weight is 311 g/mol. The molecular formula is C19H25N3O. The van der Waals surface area contributed by atoms with E-state index >= 15 is 0 Å². The molecule has 1 saturated heterocycles. The molecule has 0 amide bonds. The summed E-state index contributed by atoms with van der Waals surface area (Å²) >= 11 is 0. The second-order valence-corrected chi connectivity index (χ2v) is 6.36. The SMILES string of the molecule is Cc1ccc(C(O)CN2CCN(Cc3cccnc3)CC2)cc1. The zero-order valence-electron chi connectivity index (χ0n) is 13.7. The molecule has 1 aromatic carbocycles. The van der Waals surface area contributed by atoms with E-state index in [0.29, 0.717) is 6.54 Å². The lowest BCUT2D eigenvalue weighted by Crippen LogP contribution is -2.47. The van der Waals surface area contributed by atoms with Gasteiger partial charge in [-0.2, -0.15) is 0 Å². The largest absolute Gasteiger partial charge is 0.387 e. The molecular weight excluding hydrogens is 286 g/mol. The van der Waals surface area contributed by atoms with E-state index in [1.807, 2.05) is 30.6 Å². The van der Waals surface area contributed by atoms with Crippen LogP contribution < -0.4 is 0 Å². The minimum atomic E-state index is -0.402. The number of β-amino-alcohol motifs (C(OH)–C–C–N with tert-alkyl or cyclic N) is 1. The molecule has 1 aliphatic heterocycles. The molecule has 122 valence electrons. The number of aromatic nitrogens is 1. The van der Waals surface area contributed by atoms with Crippen LogP contribution in [0.4, 0.5) is 0 Å². The van der Waals surface area contributed by atoms with Crippen LogP contribution in [0, 0.1) is 6.92 Å². The summed E-state index contributed by atoms with van der Waals surface area (Å²) in [5.74, 6) is 0. The van der Waals surface area contributed by atoms with Gasteiger partial charge < -0.3 is 5.11 Å². The smallest absolute Gasteiger partial charge is 0.0916 e. The Balaban J connectivity index is 1.46. The molecule has 2 aromatic rings. The van der Waals surface area contributed by atoms with Crippen LogP contribution in [0.5, 0.6) is 0 Å². The number of nitrogens with zero attached hydrogens (tertiary/aromatic N) is 3. The van der Waals surface area contributed by atoms with E-state index in [1.165, 1.54) is 11.1 Å². The van der Waals surface area contributed by atoms with Crippen molar-refractivity contribution in [1.29, 1.82) is 0 Å². The Morgan fingerprint density at radius 2 is 1.74 bits per heavy atom. The number of piperazine rings is 1. The maximum absolute atomic E-state index is 10.4. The fourth-order valence-corrected chi connectivity index (χ4v) is 3.02. The fourth-order valence-electron chi connectivity index (χ4n) is 3.02. The highest BCUT2D eigenvalue weighted by atomic mass is 16.3. The lowest BCUT2D eigenvalue weighted by Gasteiger charge is -2.35. The van der Waals surface area contributed by atoms with Crippen LogP contribution in [0.25, 0.3) is 0 Å². The fraction of sp³-hybridized carbons (Fsp3) is 0.421. The molecule has 4 nitrogen and oxygen atoms in total. The minimum Gasteiger partial charge on any atom is -0.387 e. The minimum absolute atomic E-state index is 0.402. The first kappa shape index (κ1) is 16.1. The predicted octanol–water partition coefficient (Wildman–Crippen LogP) is 2.24. The number of aliphatic hydroxyl groups is 1. The number of aliphatic hydroxyl groups excluding tert-OH is 1. The van der Waals surface area contributed by atoms with Crippen molar-refractivity contribution >= 4 is 0 Å². The third kappa shape index (κ3) is 4.61. The summed E-state index contributed by atoms with van der Waals surface area (Å²) in [4.78, 5) is 8.98. The Morgan fingerprint density at radius 3 is 2.39 bits per heavy atom. The van der Waals surface area contributed by atoms with E-state index in [2.05, 4.69) is 39.9 Å². The number of rotatable bonds is 5. The van der Waals surface area contributed by atoms with Gasteiger partial charge in [-0.25, -0.2) is 0 Å². The molecule has 1 fully saturated rings. The Hall–Kier alpha value is -1.75. The van der Waals surface area contributed by atoms with Crippen molar-refractivity contribution in [2.75, 3.05) is 32.7 Å². The number of hydrogen-bond donors (Lipinski definition) is 1. The number of pyridine rings is 1. The van der Waals surface area contributed by atoms with Gasteiger partial charge in [-0.15, -0.1) is 0 Å². The maximum Gasteiger partial charge on any atom is 0.0916 e. The lowest BCUT2D eigenvalue weighted by molar-refractivity contribution is 0.0701. The van der Waals surface area contributed by atoms with Gasteiger partial charge in [-0.05, 0) is 24.1 Å². The van der Waals surface area contributed by atoms with Gasteiger partial charge in [-0.3, -0.25) is 14.8 Å². The Labute approximate surface area is 138 Å². The maximum atomic E-state index is 10.4. The first-order chi connectivity index (χ1) is 11.2. The third-order valence-electron chi connectivity index (χ3n) is 4.49. The quantitative estimate of drug-likeness (QED) is 0.919. The van der Waals surface area contributed by atoms with Gasteiger partial charge in [0.1, 0.15) is 0 Å². The van der Waals surface area contributed by atoms with Crippen LogP contribution in [0.1, 0.15) is 22.8 Å². The highest BCUT2D eigenvalue weighted by molar-refractivity contribution is 5.23. The van der Waals surface area contributed by atoms with Crippen molar-refractivity contribution in [3.8, 4) is 0 Å².